The van der Waals surface area contributed by atoms with Crippen molar-refractivity contribution < 1.29 is 9.53 Å². The van der Waals surface area contributed by atoms with Crippen molar-refractivity contribution in [2.75, 3.05) is 5.32 Å². The minimum atomic E-state index is -0.478. The fourth-order valence-corrected chi connectivity index (χ4v) is 3.30. The molecule has 1 aromatic carbocycles. The topological polar surface area (TPSA) is 68.5 Å². The molecule has 0 radical (unpaired) electrons. The molecule has 3 rings (SSSR count). The SMILES string of the molecule is Cc1nc2sc(C(C)OC(=O)Nc3ccccc3)c(C)n2n1. The van der Waals surface area contributed by atoms with Crippen LogP contribution in [0.3, 0.4) is 0 Å². The summed E-state index contributed by atoms with van der Waals surface area (Å²) >= 11 is 1.49. The summed E-state index contributed by atoms with van der Waals surface area (Å²) in [4.78, 5) is 18.0. The molecule has 0 bridgehead atoms. The molecular formula is C15H16N4O2S. The van der Waals surface area contributed by atoms with E-state index in [2.05, 4.69) is 15.4 Å². The molecule has 0 saturated heterocycles. The van der Waals surface area contributed by atoms with Crippen molar-refractivity contribution in [3.05, 3.63) is 46.7 Å². The van der Waals surface area contributed by atoms with Crippen LogP contribution in [0.4, 0.5) is 10.5 Å². The summed E-state index contributed by atoms with van der Waals surface area (Å²) in [7, 11) is 0. The van der Waals surface area contributed by atoms with Crippen LogP contribution in [0.2, 0.25) is 0 Å². The van der Waals surface area contributed by atoms with Gasteiger partial charge < -0.3 is 4.74 Å². The molecule has 0 fully saturated rings. The lowest BCUT2D eigenvalue weighted by Gasteiger charge is -2.13. The Morgan fingerprint density at radius 3 is 2.73 bits per heavy atom. The Bertz CT molecular complexity index is 810. The van der Waals surface area contributed by atoms with E-state index in [0.29, 0.717) is 5.69 Å². The van der Waals surface area contributed by atoms with Crippen LogP contribution in [0.5, 0.6) is 0 Å². The number of hydrogen-bond donors (Lipinski definition) is 1. The fourth-order valence-electron chi connectivity index (χ4n) is 2.22. The summed E-state index contributed by atoms with van der Waals surface area (Å²) in [6.45, 7) is 5.64. The fraction of sp³-hybridized carbons (Fsp3) is 0.267. The molecule has 0 aliphatic carbocycles. The van der Waals surface area contributed by atoms with E-state index in [1.54, 1.807) is 4.52 Å². The number of fused-ring (bicyclic) bond motifs is 1. The summed E-state index contributed by atoms with van der Waals surface area (Å²) in [5.74, 6) is 0.733. The molecule has 114 valence electrons. The number of thiazole rings is 1. The lowest BCUT2D eigenvalue weighted by Crippen LogP contribution is -2.16. The van der Waals surface area contributed by atoms with Crippen molar-refractivity contribution in [2.24, 2.45) is 0 Å². The molecular weight excluding hydrogens is 300 g/mol. The molecule has 0 aliphatic rings. The van der Waals surface area contributed by atoms with E-state index >= 15 is 0 Å². The first kappa shape index (κ1) is 14.5. The van der Waals surface area contributed by atoms with Crippen LogP contribution in [0.1, 0.15) is 29.4 Å². The van der Waals surface area contributed by atoms with Gasteiger partial charge in [-0.25, -0.2) is 14.3 Å². The van der Waals surface area contributed by atoms with Crippen molar-refractivity contribution >= 4 is 28.1 Å². The van der Waals surface area contributed by atoms with Gasteiger partial charge in [-0.2, -0.15) is 5.10 Å². The first-order chi connectivity index (χ1) is 10.5. The van der Waals surface area contributed by atoms with E-state index in [1.807, 2.05) is 51.1 Å². The number of para-hydroxylation sites is 1. The average molecular weight is 316 g/mol. The highest BCUT2D eigenvalue weighted by Crippen LogP contribution is 2.29. The normalized spacial score (nSPS) is 12.3. The number of aryl methyl sites for hydroxylation is 2. The largest absolute Gasteiger partial charge is 0.440 e. The van der Waals surface area contributed by atoms with Crippen molar-refractivity contribution in [3.8, 4) is 0 Å². The van der Waals surface area contributed by atoms with Crippen LogP contribution in [-0.2, 0) is 4.74 Å². The summed E-state index contributed by atoms with van der Waals surface area (Å²) in [6, 6.07) is 9.21. The predicted octanol–water partition coefficient (Wildman–Crippen LogP) is 3.72. The third-order valence-electron chi connectivity index (χ3n) is 3.23. The van der Waals surface area contributed by atoms with Gasteiger partial charge in [-0.1, -0.05) is 29.5 Å². The number of benzene rings is 1. The Morgan fingerprint density at radius 2 is 2.05 bits per heavy atom. The second kappa shape index (κ2) is 5.76. The van der Waals surface area contributed by atoms with Crippen LogP contribution >= 0.6 is 11.3 Å². The number of nitrogens with one attached hydrogen (secondary N) is 1. The van der Waals surface area contributed by atoms with Gasteiger partial charge in [0, 0.05) is 5.69 Å². The number of hydrogen-bond acceptors (Lipinski definition) is 5. The lowest BCUT2D eigenvalue weighted by molar-refractivity contribution is 0.122. The van der Waals surface area contributed by atoms with Gasteiger partial charge in [0.15, 0.2) is 0 Å². The number of carbonyl (C=O) groups excluding carboxylic acids is 1. The Hall–Kier alpha value is -2.41. The van der Waals surface area contributed by atoms with Gasteiger partial charge in [0.05, 0.1) is 10.6 Å². The zero-order valence-electron chi connectivity index (χ0n) is 12.5. The van der Waals surface area contributed by atoms with E-state index in [0.717, 1.165) is 21.4 Å². The molecule has 1 atom stereocenters. The molecule has 1 N–H and O–H groups in total. The Labute approximate surface area is 131 Å². The molecule has 3 aromatic rings. The number of nitrogens with zero attached hydrogens (tertiary/aromatic N) is 3. The van der Waals surface area contributed by atoms with Crippen molar-refractivity contribution in [1.82, 2.24) is 14.6 Å². The summed E-state index contributed by atoms with van der Waals surface area (Å²) in [5.41, 5.74) is 1.65. The zero-order valence-corrected chi connectivity index (χ0v) is 13.3. The predicted molar refractivity (Wildman–Crippen MR) is 85.3 cm³/mol. The van der Waals surface area contributed by atoms with Crippen molar-refractivity contribution in [3.63, 3.8) is 0 Å². The number of rotatable bonds is 3. The second-order valence-electron chi connectivity index (χ2n) is 4.94. The number of aromatic nitrogens is 3. The maximum absolute atomic E-state index is 11.9. The van der Waals surface area contributed by atoms with Gasteiger partial charge in [0.2, 0.25) is 4.96 Å². The summed E-state index contributed by atoms with van der Waals surface area (Å²) < 4.78 is 7.22. The Kier molecular flexibility index (Phi) is 3.81. The molecule has 2 aromatic heterocycles. The maximum atomic E-state index is 11.9. The number of ether oxygens (including phenoxy) is 1. The van der Waals surface area contributed by atoms with Gasteiger partial charge in [0.1, 0.15) is 11.9 Å². The molecule has 6 nitrogen and oxygen atoms in total. The maximum Gasteiger partial charge on any atom is 0.412 e. The van der Waals surface area contributed by atoms with Gasteiger partial charge in [-0.3, -0.25) is 5.32 Å². The third kappa shape index (κ3) is 2.80. The Morgan fingerprint density at radius 1 is 1.32 bits per heavy atom. The highest BCUT2D eigenvalue weighted by atomic mass is 32.1. The smallest absolute Gasteiger partial charge is 0.412 e. The first-order valence-corrected chi connectivity index (χ1v) is 7.71. The van der Waals surface area contributed by atoms with Gasteiger partial charge in [-0.05, 0) is 32.9 Å². The van der Waals surface area contributed by atoms with Crippen LogP contribution in [0.25, 0.3) is 4.96 Å². The van der Waals surface area contributed by atoms with Gasteiger partial charge in [0.25, 0.3) is 0 Å². The zero-order chi connectivity index (χ0) is 15.7. The van der Waals surface area contributed by atoms with E-state index in [-0.39, 0.29) is 6.10 Å². The van der Waals surface area contributed by atoms with Crippen molar-refractivity contribution in [2.45, 2.75) is 26.9 Å². The molecule has 0 aliphatic heterocycles. The molecule has 1 unspecified atom stereocenters. The highest BCUT2D eigenvalue weighted by molar-refractivity contribution is 7.17. The van der Waals surface area contributed by atoms with Gasteiger partial charge in [-0.15, -0.1) is 0 Å². The average Bonchev–Trinajstić information content (AvgIpc) is 2.98. The second-order valence-corrected chi connectivity index (χ2v) is 5.95. The van der Waals surface area contributed by atoms with E-state index < -0.39 is 6.09 Å². The monoisotopic (exact) mass is 316 g/mol. The number of amides is 1. The molecule has 2 heterocycles. The highest BCUT2D eigenvalue weighted by Gasteiger charge is 2.20. The Balaban J connectivity index is 1.72. The van der Waals surface area contributed by atoms with E-state index in [4.69, 9.17) is 4.74 Å². The minimum Gasteiger partial charge on any atom is -0.440 e. The summed E-state index contributed by atoms with van der Waals surface area (Å²) in [6.07, 6.45) is -0.842. The van der Waals surface area contributed by atoms with Crippen molar-refractivity contribution in [1.29, 1.82) is 0 Å². The lowest BCUT2D eigenvalue weighted by atomic mass is 10.3. The van der Waals surface area contributed by atoms with E-state index in [9.17, 15) is 4.79 Å². The standard InChI is InChI=1S/C15H16N4O2S/c1-9-13(22-14-16-11(3)18-19(9)14)10(2)21-15(20)17-12-7-5-4-6-8-12/h4-8,10H,1-3H3,(H,17,20). The molecule has 1 amide bonds. The number of anilines is 1. The third-order valence-corrected chi connectivity index (χ3v) is 4.53. The molecule has 22 heavy (non-hydrogen) atoms. The van der Waals surface area contributed by atoms with Crippen LogP contribution in [0.15, 0.2) is 30.3 Å². The quantitative estimate of drug-likeness (QED) is 0.799. The minimum absolute atomic E-state index is 0.363. The van der Waals surface area contributed by atoms with Crippen LogP contribution < -0.4 is 5.32 Å². The molecule has 0 spiro atoms. The van der Waals surface area contributed by atoms with E-state index in [1.165, 1.54) is 11.3 Å². The van der Waals surface area contributed by atoms with Crippen LogP contribution in [-0.4, -0.2) is 20.7 Å². The van der Waals surface area contributed by atoms with Crippen LogP contribution in [0, 0.1) is 13.8 Å². The molecule has 0 saturated carbocycles. The van der Waals surface area contributed by atoms with Gasteiger partial charge >= 0.3 is 6.09 Å². The number of carbonyl (C=O) groups is 1. The summed E-state index contributed by atoms with van der Waals surface area (Å²) in [5, 5.41) is 7.03. The molecule has 7 heteroatoms. The first-order valence-electron chi connectivity index (χ1n) is 6.90.